The molecule has 0 aromatic heterocycles. The highest BCUT2D eigenvalue weighted by Gasteiger charge is 2.39. The summed E-state index contributed by atoms with van der Waals surface area (Å²) in [6.45, 7) is 8.79. The molecule has 4 aromatic rings. The van der Waals surface area contributed by atoms with Crippen molar-refractivity contribution in [1.29, 1.82) is 0 Å². The third kappa shape index (κ3) is 3.16. The fraction of sp³-hybridized carbons (Fsp3) is 0.172. The molecule has 0 fully saturated rings. The van der Waals surface area contributed by atoms with Gasteiger partial charge in [0.2, 0.25) is 0 Å². The predicted octanol–water partition coefficient (Wildman–Crippen LogP) is 8.73. The second-order valence-corrected chi connectivity index (χ2v) is 9.40. The molecule has 1 aliphatic carbocycles. The van der Waals surface area contributed by atoms with Crippen LogP contribution in [-0.2, 0) is 5.41 Å². The van der Waals surface area contributed by atoms with Crippen molar-refractivity contribution in [1.82, 2.24) is 0 Å². The van der Waals surface area contributed by atoms with Gasteiger partial charge in [0.25, 0.3) is 0 Å². The molecule has 1 aliphatic rings. The van der Waals surface area contributed by atoms with Crippen LogP contribution < -0.4 is 4.90 Å². The summed E-state index contributed by atoms with van der Waals surface area (Å²) in [6.07, 6.45) is 0. The van der Waals surface area contributed by atoms with E-state index in [0.29, 0.717) is 0 Å². The van der Waals surface area contributed by atoms with Gasteiger partial charge in [0.05, 0.1) is 5.69 Å². The van der Waals surface area contributed by atoms with Gasteiger partial charge in [-0.25, -0.2) is 0 Å². The highest BCUT2D eigenvalue weighted by Crippen LogP contribution is 2.56. The molecule has 154 valence electrons. The Hall–Kier alpha value is -3.03. The Morgan fingerprint density at radius 1 is 0.677 bits per heavy atom. The van der Waals surface area contributed by atoms with Gasteiger partial charge in [0.1, 0.15) is 0 Å². The van der Waals surface area contributed by atoms with Gasteiger partial charge in [-0.05, 0) is 66.9 Å². The van der Waals surface area contributed by atoms with Crippen LogP contribution in [0.3, 0.4) is 0 Å². The largest absolute Gasteiger partial charge is 0.310 e. The highest BCUT2D eigenvalue weighted by atomic mass is 35.5. The van der Waals surface area contributed by atoms with Crippen LogP contribution in [0.1, 0.15) is 36.1 Å². The molecule has 0 saturated carbocycles. The third-order valence-electron chi connectivity index (χ3n) is 6.45. The second kappa shape index (κ2) is 7.28. The average molecular weight is 424 g/mol. The van der Waals surface area contributed by atoms with Crippen molar-refractivity contribution in [3.63, 3.8) is 0 Å². The lowest BCUT2D eigenvalue weighted by molar-refractivity contribution is 0.660. The average Bonchev–Trinajstić information content (AvgIpc) is 3.01. The van der Waals surface area contributed by atoms with Crippen LogP contribution in [0.2, 0.25) is 5.02 Å². The molecule has 0 atom stereocenters. The van der Waals surface area contributed by atoms with Crippen LogP contribution in [0.5, 0.6) is 0 Å². The molecule has 0 amide bonds. The number of benzene rings is 4. The van der Waals surface area contributed by atoms with Crippen molar-refractivity contribution in [2.24, 2.45) is 0 Å². The monoisotopic (exact) mass is 423 g/mol. The number of halogens is 1. The summed E-state index contributed by atoms with van der Waals surface area (Å²) in [6, 6.07) is 30.4. The smallest absolute Gasteiger partial charge is 0.0544 e. The number of aryl methyl sites for hydroxylation is 2. The lowest BCUT2D eigenvalue weighted by Gasteiger charge is -2.29. The molecule has 31 heavy (non-hydrogen) atoms. The molecule has 0 unspecified atom stereocenters. The summed E-state index contributed by atoms with van der Waals surface area (Å²) in [4.78, 5) is 2.35. The van der Waals surface area contributed by atoms with Gasteiger partial charge < -0.3 is 4.90 Å². The van der Waals surface area contributed by atoms with Crippen molar-refractivity contribution in [2.75, 3.05) is 4.90 Å². The van der Waals surface area contributed by atoms with Crippen LogP contribution >= 0.6 is 11.6 Å². The van der Waals surface area contributed by atoms with Gasteiger partial charge in [0, 0.05) is 27.4 Å². The zero-order valence-corrected chi connectivity index (χ0v) is 19.2. The third-order valence-corrected chi connectivity index (χ3v) is 6.77. The molecule has 4 aromatic carbocycles. The normalized spacial score (nSPS) is 13.6. The summed E-state index contributed by atoms with van der Waals surface area (Å²) in [5.41, 5.74) is 10.8. The molecule has 5 rings (SSSR count). The van der Waals surface area contributed by atoms with Gasteiger partial charge in [-0.15, -0.1) is 0 Å². The summed E-state index contributed by atoms with van der Waals surface area (Å²) in [5, 5.41) is 0.827. The molecule has 0 radical (unpaired) electrons. The van der Waals surface area contributed by atoms with Crippen molar-refractivity contribution in [3.8, 4) is 11.1 Å². The maximum atomic E-state index is 6.84. The van der Waals surface area contributed by atoms with Crippen molar-refractivity contribution < 1.29 is 0 Å². The van der Waals surface area contributed by atoms with E-state index in [1.807, 2.05) is 0 Å². The Morgan fingerprint density at radius 3 is 1.81 bits per heavy atom. The highest BCUT2D eigenvalue weighted by molar-refractivity contribution is 6.32. The Kier molecular flexibility index (Phi) is 4.68. The topological polar surface area (TPSA) is 3.24 Å². The van der Waals surface area contributed by atoms with E-state index in [-0.39, 0.29) is 5.41 Å². The summed E-state index contributed by atoms with van der Waals surface area (Å²) in [5.74, 6) is 0. The number of nitrogens with zero attached hydrogens (tertiary/aromatic N) is 1. The van der Waals surface area contributed by atoms with Crippen LogP contribution in [0.4, 0.5) is 17.1 Å². The second-order valence-electron chi connectivity index (χ2n) is 8.99. The van der Waals surface area contributed by atoms with E-state index in [1.54, 1.807) is 0 Å². The van der Waals surface area contributed by atoms with E-state index in [1.165, 1.54) is 33.4 Å². The Labute approximate surface area is 189 Å². The van der Waals surface area contributed by atoms with Gasteiger partial charge in [-0.1, -0.05) is 85.1 Å². The minimum absolute atomic E-state index is 0.148. The van der Waals surface area contributed by atoms with Gasteiger partial charge in [-0.2, -0.15) is 0 Å². The molecule has 2 heteroatoms. The SMILES string of the molecule is Cc1ccc(N(c2ccc(C)cc2)c2ccc(Cl)c3c2-c2ccccc2C3(C)C)cc1. The lowest BCUT2D eigenvalue weighted by atomic mass is 9.82. The standard InChI is InChI=1S/C29H26ClN/c1-19-9-13-21(14-10-19)31(22-15-11-20(2)12-16-22)26-18-17-25(30)28-27(26)23-7-5-6-8-24(23)29(28,3)4/h5-18H,1-4H3. The van der Waals surface area contributed by atoms with Crippen LogP contribution in [0.15, 0.2) is 84.9 Å². The van der Waals surface area contributed by atoms with Crippen molar-refractivity contribution >= 4 is 28.7 Å². The molecule has 0 spiro atoms. The van der Waals surface area contributed by atoms with Crippen LogP contribution in [-0.4, -0.2) is 0 Å². The molecule has 0 aliphatic heterocycles. The van der Waals surface area contributed by atoms with Crippen molar-refractivity contribution in [2.45, 2.75) is 33.1 Å². The fourth-order valence-electron chi connectivity index (χ4n) is 4.83. The van der Waals surface area contributed by atoms with E-state index in [0.717, 1.165) is 22.1 Å². The summed E-state index contributed by atoms with van der Waals surface area (Å²) in [7, 11) is 0. The first-order valence-electron chi connectivity index (χ1n) is 10.7. The first-order chi connectivity index (χ1) is 14.9. The van der Waals surface area contributed by atoms with Crippen LogP contribution in [0.25, 0.3) is 11.1 Å². The van der Waals surface area contributed by atoms with Crippen molar-refractivity contribution in [3.05, 3.63) is 112 Å². The first kappa shape index (κ1) is 19.9. The molecule has 1 nitrogen and oxygen atoms in total. The number of anilines is 3. The van der Waals surface area contributed by atoms with E-state index in [9.17, 15) is 0 Å². The van der Waals surface area contributed by atoms with Gasteiger partial charge >= 0.3 is 0 Å². The Morgan fingerprint density at radius 2 is 1.23 bits per heavy atom. The molecule has 0 heterocycles. The lowest BCUT2D eigenvalue weighted by Crippen LogP contribution is -2.16. The first-order valence-corrected chi connectivity index (χ1v) is 11.1. The Bertz CT molecular complexity index is 1220. The summed E-state index contributed by atoms with van der Waals surface area (Å²) < 4.78 is 0. The number of rotatable bonds is 3. The minimum atomic E-state index is -0.148. The van der Waals surface area contributed by atoms with E-state index < -0.39 is 0 Å². The summed E-state index contributed by atoms with van der Waals surface area (Å²) >= 11 is 6.84. The zero-order valence-electron chi connectivity index (χ0n) is 18.4. The van der Waals surface area contributed by atoms with E-state index in [4.69, 9.17) is 11.6 Å². The zero-order chi connectivity index (χ0) is 21.8. The molecule has 0 N–H and O–H groups in total. The maximum absolute atomic E-state index is 6.84. The molecule has 0 saturated heterocycles. The van der Waals surface area contributed by atoms with E-state index >= 15 is 0 Å². The minimum Gasteiger partial charge on any atom is -0.310 e. The van der Waals surface area contributed by atoms with Crippen LogP contribution in [0, 0.1) is 13.8 Å². The molecular weight excluding hydrogens is 398 g/mol. The number of fused-ring (bicyclic) bond motifs is 3. The van der Waals surface area contributed by atoms with Gasteiger partial charge in [-0.3, -0.25) is 0 Å². The predicted molar refractivity (Wildman–Crippen MR) is 133 cm³/mol. The number of hydrogen-bond acceptors (Lipinski definition) is 1. The van der Waals surface area contributed by atoms with E-state index in [2.05, 4.69) is 118 Å². The number of hydrogen-bond donors (Lipinski definition) is 0. The Balaban J connectivity index is 1.83. The molecular formula is C29H26ClN. The molecule has 0 bridgehead atoms. The fourth-order valence-corrected chi connectivity index (χ4v) is 5.23. The quantitative estimate of drug-likeness (QED) is 0.318. The van der Waals surface area contributed by atoms with Gasteiger partial charge in [0.15, 0.2) is 0 Å². The maximum Gasteiger partial charge on any atom is 0.0544 e.